The fourth-order valence-electron chi connectivity index (χ4n) is 3.88. The van der Waals surface area contributed by atoms with Crippen molar-refractivity contribution in [3.63, 3.8) is 0 Å². The van der Waals surface area contributed by atoms with Crippen LogP contribution in [0.5, 0.6) is 0 Å². The molecule has 0 spiro atoms. The van der Waals surface area contributed by atoms with Gasteiger partial charge in [-0.2, -0.15) is 5.26 Å². The smallest absolute Gasteiger partial charge is 0.355 e. The van der Waals surface area contributed by atoms with E-state index in [0.29, 0.717) is 22.5 Å². The molecule has 182 valence electrons. The van der Waals surface area contributed by atoms with Crippen LogP contribution in [0.25, 0.3) is 0 Å². The summed E-state index contributed by atoms with van der Waals surface area (Å²) < 4.78 is 35.7. The molecule has 11 heteroatoms. The first-order valence-electron chi connectivity index (χ1n) is 10.3. The standard InChI is InChI=1S/C24H24N4O6S/c1-14-12-16(10-11-18(14)27-35(4,31)32)28-21(24(30)34-3)20(23(29)33-2)19(17(13-25)22(28)26)15-8-6-5-7-9-15/h5-12,19,27H,26H2,1-4H3. The SMILES string of the molecule is COC(=O)C1=C(C(=O)OC)N(c2ccc(NS(C)(=O)=O)c(C)c2)C(N)=C(C#N)C1c1ccccc1. The highest BCUT2D eigenvalue weighted by Gasteiger charge is 2.43. The van der Waals surface area contributed by atoms with Crippen molar-refractivity contribution in [2.75, 3.05) is 30.1 Å². The molecule has 10 nitrogen and oxygen atoms in total. The zero-order chi connectivity index (χ0) is 25.9. The lowest BCUT2D eigenvalue weighted by atomic mass is 9.81. The second-order valence-corrected chi connectivity index (χ2v) is 9.46. The van der Waals surface area contributed by atoms with Crippen LogP contribution in [-0.4, -0.2) is 40.8 Å². The summed E-state index contributed by atoms with van der Waals surface area (Å²) in [6.45, 7) is 1.65. The van der Waals surface area contributed by atoms with E-state index >= 15 is 0 Å². The van der Waals surface area contributed by atoms with Crippen LogP contribution >= 0.6 is 0 Å². The largest absolute Gasteiger partial charge is 0.466 e. The van der Waals surface area contributed by atoms with Gasteiger partial charge in [0.15, 0.2) is 0 Å². The molecule has 0 aliphatic carbocycles. The lowest BCUT2D eigenvalue weighted by molar-refractivity contribution is -0.139. The number of anilines is 2. The zero-order valence-electron chi connectivity index (χ0n) is 19.5. The molecule has 0 amide bonds. The summed E-state index contributed by atoms with van der Waals surface area (Å²) in [4.78, 5) is 27.3. The number of rotatable bonds is 6. The number of hydrogen-bond acceptors (Lipinski definition) is 9. The Labute approximate surface area is 203 Å². The lowest BCUT2D eigenvalue weighted by Crippen LogP contribution is -2.40. The van der Waals surface area contributed by atoms with Crippen LogP contribution in [0.15, 0.2) is 71.2 Å². The van der Waals surface area contributed by atoms with Gasteiger partial charge in [0, 0.05) is 5.69 Å². The van der Waals surface area contributed by atoms with Crippen LogP contribution in [0.3, 0.4) is 0 Å². The molecule has 2 aromatic carbocycles. The number of benzene rings is 2. The van der Waals surface area contributed by atoms with E-state index < -0.39 is 27.9 Å². The van der Waals surface area contributed by atoms with E-state index in [1.54, 1.807) is 43.3 Å². The zero-order valence-corrected chi connectivity index (χ0v) is 20.3. The number of ether oxygens (including phenoxy) is 2. The second-order valence-electron chi connectivity index (χ2n) is 7.71. The molecule has 0 radical (unpaired) electrons. The Morgan fingerprint density at radius 2 is 1.71 bits per heavy atom. The maximum Gasteiger partial charge on any atom is 0.355 e. The summed E-state index contributed by atoms with van der Waals surface area (Å²) in [7, 11) is -1.21. The minimum Gasteiger partial charge on any atom is -0.466 e. The van der Waals surface area contributed by atoms with Gasteiger partial charge in [-0.1, -0.05) is 30.3 Å². The number of esters is 2. The molecular weight excluding hydrogens is 472 g/mol. The van der Waals surface area contributed by atoms with Crippen molar-refractivity contribution in [3.05, 3.63) is 82.3 Å². The summed E-state index contributed by atoms with van der Waals surface area (Å²) in [5.74, 6) is -2.78. The molecule has 1 unspecified atom stereocenters. The third-order valence-electron chi connectivity index (χ3n) is 5.37. The number of nitrogens with one attached hydrogen (secondary N) is 1. The predicted molar refractivity (Wildman–Crippen MR) is 129 cm³/mol. The Hall–Kier alpha value is -4.30. The monoisotopic (exact) mass is 496 g/mol. The minimum absolute atomic E-state index is 0.0280. The van der Waals surface area contributed by atoms with Crippen molar-refractivity contribution < 1.29 is 27.5 Å². The number of aryl methyl sites for hydroxylation is 1. The Morgan fingerprint density at radius 1 is 1.09 bits per heavy atom. The molecule has 1 heterocycles. The number of nitrogens with two attached hydrogens (primary N) is 1. The molecule has 1 aliphatic rings. The first-order valence-corrected chi connectivity index (χ1v) is 12.2. The van der Waals surface area contributed by atoms with Gasteiger partial charge in [-0.15, -0.1) is 0 Å². The van der Waals surface area contributed by atoms with E-state index in [1.807, 2.05) is 0 Å². The third kappa shape index (κ3) is 4.97. The van der Waals surface area contributed by atoms with Crippen LogP contribution < -0.4 is 15.4 Å². The van der Waals surface area contributed by atoms with Gasteiger partial charge in [0.25, 0.3) is 0 Å². The normalized spacial score (nSPS) is 16.0. The average molecular weight is 497 g/mol. The Kier molecular flexibility index (Phi) is 7.17. The van der Waals surface area contributed by atoms with E-state index in [0.717, 1.165) is 13.4 Å². The van der Waals surface area contributed by atoms with Gasteiger partial charge in [0.2, 0.25) is 10.0 Å². The molecule has 0 aromatic heterocycles. The Morgan fingerprint density at radius 3 is 2.23 bits per heavy atom. The molecule has 2 aromatic rings. The van der Waals surface area contributed by atoms with Crippen molar-refractivity contribution in [2.45, 2.75) is 12.8 Å². The second kappa shape index (κ2) is 9.90. The van der Waals surface area contributed by atoms with Gasteiger partial charge in [-0.3, -0.25) is 9.62 Å². The van der Waals surface area contributed by atoms with Crippen LogP contribution in [0, 0.1) is 18.3 Å². The first kappa shape index (κ1) is 25.3. The number of nitriles is 1. The predicted octanol–water partition coefficient (Wildman–Crippen LogP) is 2.26. The summed E-state index contributed by atoms with van der Waals surface area (Å²) in [6, 6.07) is 15.3. The van der Waals surface area contributed by atoms with Crippen molar-refractivity contribution in [1.82, 2.24) is 0 Å². The topological polar surface area (TPSA) is 152 Å². The summed E-state index contributed by atoms with van der Waals surface area (Å²) in [5.41, 5.74) is 7.82. The van der Waals surface area contributed by atoms with Crippen LogP contribution in [0.2, 0.25) is 0 Å². The average Bonchev–Trinajstić information content (AvgIpc) is 2.83. The van der Waals surface area contributed by atoms with Crippen LogP contribution in [0.4, 0.5) is 11.4 Å². The molecule has 3 rings (SSSR count). The summed E-state index contributed by atoms with van der Waals surface area (Å²) in [6.07, 6.45) is 1.02. The van der Waals surface area contributed by atoms with Crippen molar-refractivity contribution in [2.24, 2.45) is 5.73 Å². The fraction of sp³-hybridized carbons (Fsp3) is 0.208. The maximum atomic E-state index is 13.1. The Balaban J connectivity index is 2.35. The fourth-order valence-corrected chi connectivity index (χ4v) is 4.51. The number of hydrogen-bond donors (Lipinski definition) is 2. The van der Waals surface area contributed by atoms with E-state index in [-0.39, 0.29) is 22.7 Å². The lowest BCUT2D eigenvalue weighted by Gasteiger charge is -2.36. The quantitative estimate of drug-likeness (QED) is 0.574. The van der Waals surface area contributed by atoms with Gasteiger partial charge in [-0.25, -0.2) is 18.0 Å². The van der Waals surface area contributed by atoms with E-state index in [4.69, 9.17) is 15.2 Å². The molecule has 3 N–H and O–H groups in total. The molecule has 1 aliphatic heterocycles. The number of carbonyl (C=O) groups is 2. The highest BCUT2D eigenvalue weighted by Crippen LogP contribution is 2.43. The van der Waals surface area contributed by atoms with E-state index in [2.05, 4.69) is 10.8 Å². The van der Waals surface area contributed by atoms with Crippen LogP contribution in [0.1, 0.15) is 17.0 Å². The van der Waals surface area contributed by atoms with Gasteiger partial charge < -0.3 is 15.2 Å². The van der Waals surface area contributed by atoms with Crippen molar-refractivity contribution in [1.29, 1.82) is 5.26 Å². The van der Waals surface area contributed by atoms with Crippen LogP contribution in [-0.2, 0) is 29.1 Å². The van der Waals surface area contributed by atoms with E-state index in [1.165, 1.54) is 24.1 Å². The van der Waals surface area contributed by atoms with Crippen molar-refractivity contribution >= 4 is 33.3 Å². The molecule has 35 heavy (non-hydrogen) atoms. The highest BCUT2D eigenvalue weighted by atomic mass is 32.2. The van der Waals surface area contributed by atoms with Gasteiger partial charge >= 0.3 is 11.9 Å². The van der Waals surface area contributed by atoms with Gasteiger partial charge in [0.05, 0.1) is 49.3 Å². The molecule has 0 saturated heterocycles. The third-order valence-corrected chi connectivity index (χ3v) is 5.96. The molecule has 0 fully saturated rings. The van der Waals surface area contributed by atoms with E-state index in [9.17, 15) is 23.3 Å². The number of sulfonamides is 1. The van der Waals surface area contributed by atoms with Crippen molar-refractivity contribution in [3.8, 4) is 6.07 Å². The maximum absolute atomic E-state index is 13.1. The van der Waals surface area contributed by atoms with Gasteiger partial charge in [-0.05, 0) is 36.2 Å². The molecule has 1 atom stereocenters. The number of carbonyl (C=O) groups excluding carboxylic acids is 2. The Bertz CT molecular complexity index is 1390. The number of methoxy groups -OCH3 is 2. The molecular formula is C24H24N4O6S. The summed E-state index contributed by atoms with van der Waals surface area (Å²) in [5, 5.41) is 10.1. The highest BCUT2D eigenvalue weighted by molar-refractivity contribution is 7.92. The number of allylic oxidation sites excluding steroid dienone is 1. The number of nitrogens with zero attached hydrogens (tertiary/aromatic N) is 2. The first-order chi connectivity index (χ1) is 16.5. The minimum atomic E-state index is -3.54. The molecule has 0 saturated carbocycles. The van der Waals surface area contributed by atoms with Gasteiger partial charge in [0.1, 0.15) is 11.5 Å². The molecule has 0 bridgehead atoms. The summed E-state index contributed by atoms with van der Waals surface area (Å²) >= 11 is 0.